The fourth-order valence-electron chi connectivity index (χ4n) is 4.19. The summed E-state index contributed by atoms with van der Waals surface area (Å²) in [6, 6.07) is 8.99. The van der Waals surface area contributed by atoms with Crippen LogP contribution in [0.25, 0.3) is 6.08 Å². The third kappa shape index (κ3) is 4.53. The Morgan fingerprint density at radius 2 is 2.04 bits per heavy atom. The molecule has 1 aliphatic rings. The number of methoxy groups -OCH3 is 1. The normalized spacial score (nSPS) is 17.5. The van der Waals surface area contributed by atoms with Gasteiger partial charge >= 0.3 is 5.97 Å². The predicted molar refractivity (Wildman–Crippen MR) is 112 cm³/mol. The highest BCUT2D eigenvalue weighted by molar-refractivity contribution is 5.86. The fraction of sp³-hybridized carbons (Fsp3) is 0.478. The van der Waals surface area contributed by atoms with Crippen molar-refractivity contribution in [2.24, 2.45) is 0 Å². The van der Waals surface area contributed by atoms with E-state index in [9.17, 15) is 4.79 Å². The van der Waals surface area contributed by atoms with Gasteiger partial charge in [-0.15, -0.1) is 0 Å². The largest absolute Gasteiger partial charge is 0.466 e. The van der Waals surface area contributed by atoms with E-state index in [4.69, 9.17) is 0 Å². The summed E-state index contributed by atoms with van der Waals surface area (Å²) in [5.74, 6) is -0.331. The van der Waals surface area contributed by atoms with Gasteiger partial charge in [0.1, 0.15) is 0 Å². The van der Waals surface area contributed by atoms with Gasteiger partial charge in [0.05, 0.1) is 12.8 Å². The highest BCUT2D eigenvalue weighted by Crippen LogP contribution is 2.32. The van der Waals surface area contributed by atoms with Crippen LogP contribution in [0.3, 0.4) is 0 Å². The molecule has 3 rings (SSSR count). The maximum atomic E-state index is 11.2. The number of benzene rings is 1. The highest BCUT2D eigenvalue weighted by atomic mass is 16.5. The van der Waals surface area contributed by atoms with Crippen molar-refractivity contribution in [1.29, 1.82) is 0 Å². The van der Waals surface area contributed by atoms with Crippen LogP contribution >= 0.6 is 0 Å². The molecule has 1 aliphatic heterocycles. The minimum atomic E-state index is -0.331. The van der Waals surface area contributed by atoms with E-state index in [0.717, 1.165) is 37.3 Å². The van der Waals surface area contributed by atoms with Crippen LogP contribution in [0.5, 0.6) is 0 Å². The van der Waals surface area contributed by atoms with Crippen molar-refractivity contribution in [3.8, 4) is 0 Å². The van der Waals surface area contributed by atoms with Crippen molar-refractivity contribution >= 4 is 12.0 Å². The summed E-state index contributed by atoms with van der Waals surface area (Å²) in [5, 5.41) is 4.66. The van der Waals surface area contributed by atoms with E-state index in [-0.39, 0.29) is 5.97 Å². The maximum absolute atomic E-state index is 11.2. The molecule has 0 amide bonds. The molecule has 0 spiro atoms. The molecule has 150 valence electrons. The van der Waals surface area contributed by atoms with Crippen LogP contribution in [0.1, 0.15) is 53.9 Å². The zero-order valence-electron chi connectivity index (χ0n) is 17.4. The van der Waals surface area contributed by atoms with E-state index in [1.807, 2.05) is 0 Å². The second-order valence-corrected chi connectivity index (χ2v) is 7.43. The van der Waals surface area contributed by atoms with Crippen LogP contribution in [0.15, 0.2) is 30.3 Å². The van der Waals surface area contributed by atoms with Gasteiger partial charge in [-0.3, -0.25) is 9.58 Å². The molecule has 1 atom stereocenters. The van der Waals surface area contributed by atoms with E-state index < -0.39 is 0 Å². The van der Waals surface area contributed by atoms with E-state index in [0.29, 0.717) is 6.04 Å². The van der Waals surface area contributed by atoms with Gasteiger partial charge < -0.3 is 4.74 Å². The number of esters is 1. The van der Waals surface area contributed by atoms with Gasteiger partial charge in [0.2, 0.25) is 0 Å². The molecule has 1 aromatic carbocycles. The molecule has 5 nitrogen and oxygen atoms in total. The van der Waals surface area contributed by atoms with Crippen LogP contribution in [0.4, 0.5) is 0 Å². The minimum absolute atomic E-state index is 0.331. The molecule has 0 N–H and O–H groups in total. The third-order valence-electron chi connectivity index (χ3n) is 5.78. The summed E-state index contributed by atoms with van der Waals surface area (Å²) in [6.45, 7) is 9.58. The average Bonchev–Trinajstić information content (AvgIpc) is 3.29. The number of rotatable bonds is 7. The SMILES string of the molecule is CCn1nc(C)c(CCN2CCC[C@H]2c2ccc(/C=C/C(=O)OC)cc2)c1C. The van der Waals surface area contributed by atoms with Gasteiger partial charge in [-0.1, -0.05) is 24.3 Å². The molecule has 1 saturated heterocycles. The summed E-state index contributed by atoms with van der Waals surface area (Å²) in [6.07, 6.45) is 6.73. The first-order valence-corrected chi connectivity index (χ1v) is 10.2. The van der Waals surface area contributed by atoms with Crippen molar-refractivity contribution < 1.29 is 9.53 Å². The second-order valence-electron chi connectivity index (χ2n) is 7.43. The van der Waals surface area contributed by atoms with Crippen molar-refractivity contribution in [3.05, 3.63) is 58.4 Å². The van der Waals surface area contributed by atoms with Crippen LogP contribution in [-0.2, 0) is 22.5 Å². The van der Waals surface area contributed by atoms with Crippen molar-refractivity contribution in [1.82, 2.24) is 14.7 Å². The van der Waals surface area contributed by atoms with Crippen LogP contribution < -0.4 is 0 Å². The first kappa shape index (κ1) is 20.3. The third-order valence-corrected chi connectivity index (χ3v) is 5.78. The number of carbonyl (C=O) groups is 1. The zero-order valence-corrected chi connectivity index (χ0v) is 17.4. The Kier molecular flexibility index (Phi) is 6.68. The molecule has 0 bridgehead atoms. The molecular formula is C23H31N3O2. The van der Waals surface area contributed by atoms with E-state index in [1.54, 1.807) is 6.08 Å². The Morgan fingerprint density at radius 3 is 2.68 bits per heavy atom. The summed E-state index contributed by atoms with van der Waals surface area (Å²) < 4.78 is 6.75. The fourth-order valence-corrected chi connectivity index (χ4v) is 4.19. The van der Waals surface area contributed by atoms with Crippen LogP contribution in [-0.4, -0.2) is 40.8 Å². The van der Waals surface area contributed by atoms with Gasteiger partial charge in [-0.2, -0.15) is 5.10 Å². The Balaban J connectivity index is 1.65. The summed E-state index contributed by atoms with van der Waals surface area (Å²) in [5.41, 5.74) is 6.23. The predicted octanol–water partition coefficient (Wildman–Crippen LogP) is 4.09. The highest BCUT2D eigenvalue weighted by Gasteiger charge is 2.26. The molecule has 1 aromatic heterocycles. The van der Waals surface area contributed by atoms with Gasteiger partial charge in [0.15, 0.2) is 0 Å². The molecule has 0 radical (unpaired) electrons. The summed E-state index contributed by atoms with van der Waals surface area (Å²) in [7, 11) is 1.39. The maximum Gasteiger partial charge on any atom is 0.330 e. The van der Waals surface area contributed by atoms with Gasteiger partial charge in [0.25, 0.3) is 0 Å². The zero-order chi connectivity index (χ0) is 20.1. The lowest BCUT2D eigenvalue weighted by atomic mass is 10.0. The number of ether oxygens (including phenoxy) is 1. The number of carbonyl (C=O) groups excluding carboxylic acids is 1. The van der Waals surface area contributed by atoms with E-state index >= 15 is 0 Å². The topological polar surface area (TPSA) is 47.4 Å². The number of hydrogen-bond donors (Lipinski definition) is 0. The van der Waals surface area contributed by atoms with Crippen LogP contribution in [0.2, 0.25) is 0 Å². The molecule has 2 heterocycles. The number of aryl methyl sites for hydroxylation is 2. The smallest absolute Gasteiger partial charge is 0.330 e. The van der Waals surface area contributed by atoms with Crippen molar-refractivity contribution in [2.45, 2.75) is 52.6 Å². The lowest BCUT2D eigenvalue weighted by Gasteiger charge is -2.25. The number of aromatic nitrogens is 2. The first-order chi connectivity index (χ1) is 13.5. The van der Waals surface area contributed by atoms with E-state index in [1.165, 1.54) is 42.8 Å². The molecule has 1 fully saturated rings. The van der Waals surface area contributed by atoms with Gasteiger partial charge in [0, 0.05) is 30.9 Å². The second kappa shape index (κ2) is 9.20. The minimum Gasteiger partial charge on any atom is -0.466 e. The first-order valence-electron chi connectivity index (χ1n) is 10.2. The molecule has 0 aliphatic carbocycles. The Morgan fingerprint density at radius 1 is 1.29 bits per heavy atom. The molecule has 5 heteroatoms. The van der Waals surface area contributed by atoms with Gasteiger partial charge in [-0.05, 0) is 69.3 Å². The Labute approximate surface area is 168 Å². The molecular weight excluding hydrogens is 350 g/mol. The molecule has 0 saturated carbocycles. The molecule has 2 aromatic rings. The van der Waals surface area contributed by atoms with Crippen molar-refractivity contribution in [3.63, 3.8) is 0 Å². The van der Waals surface area contributed by atoms with Crippen LogP contribution in [0, 0.1) is 13.8 Å². The number of likely N-dealkylation sites (tertiary alicyclic amines) is 1. The Hall–Kier alpha value is -2.40. The lowest BCUT2D eigenvalue weighted by Crippen LogP contribution is -2.26. The Bertz CT molecular complexity index is 836. The molecule has 28 heavy (non-hydrogen) atoms. The number of nitrogens with zero attached hydrogens (tertiary/aromatic N) is 3. The standard InChI is InChI=1S/C23H31N3O2/c1-5-26-18(3)21(17(2)24-26)14-16-25-15-6-7-22(25)20-11-8-19(9-12-20)10-13-23(27)28-4/h8-13,22H,5-7,14-16H2,1-4H3/b13-10+/t22-/m0/s1. The monoisotopic (exact) mass is 381 g/mol. The summed E-state index contributed by atoms with van der Waals surface area (Å²) >= 11 is 0. The van der Waals surface area contributed by atoms with Gasteiger partial charge in [-0.25, -0.2) is 4.79 Å². The average molecular weight is 382 g/mol. The quantitative estimate of drug-likeness (QED) is 0.535. The number of hydrogen-bond acceptors (Lipinski definition) is 4. The summed E-state index contributed by atoms with van der Waals surface area (Å²) in [4.78, 5) is 13.8. The van der Waals surface area contributed by atoms with E-state index in [2.05, 4.69) is 64.5 Å². The molecule has 0 unspecified atom stereocenters. The lowest BCUT2D eigenvalue weighted by molar-refractivity contribution is -0.134. The van der Waals surface area contributed by atoms with Crippen molar-refractivity contribution in [2.75, 3.05) is 20.2 Å².